The maximum absolute atomic E-state index is 5.75. The van der Waals surface area contributed by atoms with E-state index in [-0.39, 0.29) is 0 Å². The Morgan fingerprint density at radius 3 is 2.10 bits per heavy atom. The summed E-state index contributed by atoms with van der Waals surface area (Å²) in [7, 11) is 0. The number of halogens is 3. The predicted molar refractivity (Wildman–Crippen MR) is 41.1 cm³/mol. The van der Waals surface area contributed by atoms with Crippen LogP contribution in [0.2, 0.25) is 15.1 Å². The third-order valence-corrected chi connectivity index (χ3v) is 3.10. The summed E-state index contributed by atoms with van der Waals surface area (Å²) < 4.78 is 0.878. The van der Waals surface area contributed by atoms with Crippen molar-refractivity contribution in [2.24, 2.45) is 0 Å². The zero-order chi connectivity index (χ0) is 7.72. The van der Waals surface area contributed by atoms with Crippen LogP contribution in [0.4, 0.5) is 0 Å². The SMILES string of the molecule is Clc1cc[c]([V])c(Cl)c1Cl. The minimum absolute atomic E-state index is 0.418. The van der Waals surface area contributed by atoms with Crippen LogP contribution < -0.4 is 4.28 Å². The molecule has 0 nitrogen and oxygen atoms in total. The average molecular weight is 231 g/mol. The Kier molecular flexibility index (Phi) is 2.96. The molecule has 0 aromatic heterocycles. The Balaban J connectivity index is 3.34. The van der Waals surface area contributed by atoms with Crippen molar-refractivity contribution >= 4 is 39.1 Å². The van der Waals surface area contributed by atoms with E-state index < -0.39 is 0 Å². The van der Waals surface area contributed by atoms with Gasteiger partial charge in [-0.3, -0.25) is 0 Å². The number of rotatable bonds is 0. The van der Waals surface area contributed by atoms with Crippen molar-refractivity contribution in [1.29, 1.82) is 0 Å². The van der Waals surface area contributed by atoms with Crippen molar-refractivity contribution in [2.75, 3.05) is 0 Å². The van der Waals surface area contributed by atoms with Gasteiger partial charge in [-0.25, -0.2) is 0 Å². The molecule has 0 atom stereocenters. The first-order valence-corrected chi connectivity index (χ1v) is 4.28. The first-order valence-electron chi connectivity index (χ1n) is 2.45. The molecular formula is C6H2Cl3V. The van der Waals surface area contributed by atoms with E-state index in [9.17, 15) is 0 Å². The van der Waals surface area contributed by atoms with Gasteiger partial charge in [0.15, 0.2) is 0 Å². The summed E-state index contributed by atoms with van der Waals surface area (Å²) in [4.78, 5) is 0. The standard InChI is InChI=1S/C6H2Cl3.V/c7-4-2-1-3-5(8)6(4)9;/h1-2H;. The van der Waals surface area contributed by atoms with Crippen molar-refractivity contribution in [3.63, 3.8) is 0 Å². The van der Waals surface area contributed by atoms with Crippen LogP contribution in [-0.4, -0.2) is 0 Å². The van der Waals surface area contributed by atoms with E-state index in [1.54, 1.807) is 12.1 Å². The van der Waals surface area contributed by atoms with Crippen LogP contribution in [0.3, 0.4) is 0 Å². The van der Waals surface area contributed by atoms with Crippen molar-refractivity contribution in [3.8, 4) is 0 Å². The number of hydrogen-bond donors (Lipinski definition) is 0. The van der Waals surface area contributed by atoms with Crippen LogP contribution in [0.5, 0.6) is 0 Å². The van der Waals surface area contributed by atoms with Crippen molar-refractivity contribution in [1.82, 2.24) is 0 Å². The molecule has 0 heterocycles. The van der Waals surface area contributed by atoms with E-state index in [1.165, 1.54) is 0 Å². The Morgan fingerprint density at radius 1 is 1.00 bits per heavy atom. The van der Waals surface area contributed by atoms with Crippen LogP contribution in [0, 0.1) is 0 Å². The van der Waals surface area contributed by atoms with Crippen LogP contribution in [0.1, 0.15) is 0 Å². The molecule has 0 saturated carbocycles. The van der Waals surface area contributed by atoms with Crippen LogP contribution in [-0.2, 0) is 17.4 Å². The molecule has 0 unspecified atom stereocenters. The molecule has 0 saturated heterocycles. The molecule has 0 N–H and O–H groups in total. The summed E-state index contributed by atoms with van der Waals surface area (Å²) in [5, 5.41) is 1.41. The van der Waals surface area contributed by atoms with Crippen molar-refractivity contribution in [2.45, 2.75) is 0 Å². The van der Waals surface area contributed by atoms with Gasteiger partial charge >= 0.3 is 83.7 Å². The van der Waals surface area contributed by atoms with E-state index in [4.69, 9.17) is 34.8 Å². The summed E-state index contributed by atoms with van der Waals surface area (Å²) in [6.07, 6.45) is 0. The number of hydrogen-bond acceptors (Lipinski definition) is 0. The molecule has 0 aliphatic carbocycles. The van der Waals surface area contributed by atoms with Gasteiger partial charge in [-0.1, -0.05) is 0 Å². The first kappa shape index (κ1) is 8.77. The average Bonchev–Trinajstić information content (AvgIpc) is 1.93. The van der Waals surface area contributed by atoms with E-state index >= 15 is 0 Å². The summed E-state index contributed by atoms with van der Waals surface area (Å²) in [6, 6.07) is 3.51. The summed E-state index contributed by atoms with van der Waals surface area (Å²) in [6.45, 7) is 0. The molecule has 0 aliphatic rings. The van der Waals surface area contributed by atoms with Crippen LogP contribution in [0.15, 0.2) is 12.1 Å². The number of benzene rings is 1. The Morgan fingerprint density at radius 2 is 1.60 bits per heavy atom. The molecule has 0 fully saturated rings. The van der Waals surface area contributed by atoms with Gasteiger partial charge in [-0.15, -0.1) is 0 Å². The quantitative estimate of drug-likeness (QED) is 0.602. The van der Waals surface area contributed by atoms with E-state index in [2.05, 4.69) is 17.4 Å². The molecule has 4 heteroatoms. The van der Waals surface area contributed by atoms with Gasteiger partial charge in [-0.2, -0.15) is 0 Å². The topological polar surface area (TPSA) is 0 Å². The van der Waals surface area contributed by atoms with E-state index in [0.29, 0.717) is 15.1 Å². The van der Waals surface area contributed by atoms with Crippen molar-refractivity contribution < 1.29 is 17.4 Å². The third kappa shape index (κ3) is 1.64. The van der Waals surface area contributed by atoms with E-state index in [1.807, 2.05) is 0 Å². The molecule has 0 spiro atoms. The summed E-state index contributed by atoms with van der Waals surface area (Å²) in [5.74, 6) is 0. The molecule has 1 aromatic carbocycles. The van der Waals surface area contributed by atoms with Gasteiger partial charge in [0, 0.05) is 0 Å². The summed E-state index contributed by atoms with van der Waals surface area (Å²) >= 11 is 19.4. The zero-order valence-electron chi connectivity index (χ0n) is 4.74. The van der Waals surface area contributed by atoms with Crippen LogP contribution in [0.25, 0.3) is 0 Å². The fourth-order valence-corrected chi connectivity index (χ4v) is 1.45. The molecule has 0 radical (unpaired) electrons. The fraction of sp³-hybridized carbons (Fsp3) is 0. The van der Waals surface area contributed by atoms with Gasteiger partial charge in [0.05, 0.1) is 0 Å². The molecule has 1 rings (SSSR count). The molecule has 52 valence electrons. The Labute approximate surface area is 83.4 Å². The normalized spacial score (nSPS) is 9.90. The molecule has 10 heavy (non-hydrogen) atoms. The van der Waals surface area contributed by atoms with Gasteiger partial charge in [-0.05, 0) is 0 Å². The molecule has 0 aliphatic heterocycles. The Hall–Kier alpha value is 0.674. The van der Waals surface area contributed by atoms with E-state index in [0.717, 1.165) is 4.28 Å². The Bertz CT molecular complexity index is 232. The van der Waals surface area contributed by atoms with Crippen LogP contribution >= 0.6 is 34.8 Å². The maximum atomic E-state index is 5.75. The van der Waals surface area contributed by atoms with Gasteiger partial charge < -0.3 is 0 Å². The fourth-order valence-electron chi connectivity index (χ4n) is 0.516. The van der Waals surface area contributed by atoms with Gasteiger partial charge in [0.1, 0.15) is 0 Å². The molecule has 1 aromatic rings. The second-order valence-corrected chi connectivity index (χ2v) is 3.61. The molecular weight excluding hydrogens is 229 g/mol. The molecule has 0 amide bonds. The summed E-state index contributed by atoms with van der Waals surface area (Å²) in [5.41, 5.74) is 0. The van der Waals surface area contributed by atoms with Gasteiger partial charge in [0.2, 0.25) is 0 Å². The third-order valence-electron chi connectivity index (χ3n) is 1.01. The minimum atomic E-state index is 0.418. The van der Waals surface area contributed by atoms with Gasteiger partial charge in [0.25, 0.3) is 0 Å². The zero-order valence-corrected chi connectivity index (χ0v) is 8.40. The second kappa shape index (κ2) is 3.38. The second-order valence-electron chi connectivity index (χ2n) is 1.69. The molecule has 0 bridgehead atoms. The monoisotopic (exact) mass is 230 g/mol. The van der Waals surface area contributed by atoms with Crippen molar-refractivity contribution in [3.05, 3.63) is 27.2 Å². The predicted octanol–water partition coefficient (Wildman–Crippen LogP) is 2.82. The first-order chi connectivity index (χ1) is 4.63.